The van der Waals surface area contributed by atoms with Gasteiger partial charge in [0, 0.05) is 6.20 Å². The summed E-state index contributed by atoms with van der Waals surface area (Å²) in [5.41, 5.74) is 1.12. The predicted molar refractivity (Wildman–Crippen MR) is 52.0 cm³/mol. The molecule has 5 heteroatoms. The first-order chi connectivity index (χ1) is 6.70. The molecule has 0 fully saturated rings. The molecule has 0 unspecified atom stereocenters. The molecule has 2 aromatic rings. The highest BCUT2D eigenvalue weighted by Gasteiger charge is 2.10. The monoisotopic (exact) mass is 190 g/mol. The standard InChI is InChI=1S/C9H10N4O/c1-5(2)8-7-6(3-4-10-8)11-13-12-9(7)14/h3-5H,1-2H3,(H,11,12,14). The Kier molecular flexibility index (Phi) is 1.99. The number of H-pyrrole nitrogens is 1. The van der Waals surface area contributed by atoms with Crippen molar-refractivity contribution in [2.75, 3.05) is 0 Å². The van der Waals surface area contributed by atoms with Crippen molar-refractivity contribution in [3.63, 3.8) is 0 Å². The zero-order valence-corrected chi connectivity index (χ0v) is 7.98. The minimum absolute atomic E-state index is 0.198. The molecule has 0 radical (unpaired) electrons. The molecular weight excluding hydrogens is 180 g/mol. The van der Waals surface area contributed by atoms with Gasteiger partial charge in [0.25, 0.3) is 5.56 Å². The SMILES string of the molecule is CC(C)c1nccc2nn[nH]c(=O)c12. The summed E-state index contributed by atoms with van der Waals surface area (Å²) in [6, 6.07) is 1.68. The van der Waals surface area contributed by atoms with E-state index in [1.807, 2.05) is 13.8 Å². The third-order valence-electron chi connectivity index (χ3n) is 2.04. The molecule has 0 aliphatic rings. The van der Waals surface area contributed by atoms with Gasteiger partial charge in [-0.05, 0) is 12.0 Å². The van der Waals surface area contributed by atoms with Crippen molar-refractivity contribution in [2.24, 2.45) is 0 Å². The van der Waals surface area contributed by atoms with Crippen molar-refractivity contribution in [2.45, 2.75) is 19.8 Å². The van der Waals surface area contributed by atoms with Gasteiger partial charge >= 0.3 is 0 Å². The molecule has 0 aromatic carbocycles. The second kappa shape index (κ2) is 3.17. The van der Waals surface area contributed by atoms with Gasteiger partial charge in [0.05, 0.1) is 11.1 Å². The largest absolute Gasteiger partial charge is 0.276 e. The summed E-state index contributed by atoms with van der Waals surface area (Å²) in [6.45, 7) is 3.98. The molecule has 2 heterocycles. The second-order valence-electron chi connectivity index (χ2n) is 3.39. The second-order valence-corrected chi connectivity index (χ2v) is 3.39. The average molecular weight is 190 g/mol. The van der Waals surface area contributed by atoms with Crippen LogP contribution in [-0.2, 0) is 0 Å². The summed E-state index contributed by atoms with van der Waals surface area (Å²) in [4.78, 5) is 15.7. The van der Waals surface area contributed by atoms with E-state index in [4.69, 9.17) is 0 Å². The van der Waals surface area contributed by atoms with E-state index in [0.29, 0.717) is 10.9 Å². The van der Waals surface area contributed by atoms with Gasteiger partial charge in [0.1, 0.15) is 5.52 Å². The Morgan fingerprint density at radius 3 is 2.93 bits per heavy atom. The lowest BCUT2D eigenvalue weighted by Gasteiger charge is -2.05. The Morgan fingerprint density at radius 2 is 2.21 bits per heavy atom. The summed E-state index contributed by atoms with van der Waals surface area (Å²) in [5, 5.41) is 10.2. The third kappa shape index (κ3) is 1.26. The minimum atomic E-state index is -0.230. The van der Waals surface area contributed by atoms with E-state index in [1.165, 1.54) is 0 Å². The van der Waals surface area contributed by atoms with Gasteiger partial charge in [-0.1, -0.05) is 19.1 Å². The first kappa shape index (κ1) is 8.80. The highest BCUT2D eigenvalue weighted by molar-refractivity contribution is 5.79. The lowest BCUT2D eigenvalue weighted by molar-refractivity contribution is 0.818. The summed E-state index contributed by atoms with van der Waals surface area (Å²) < 4.78 is 0. The zero-order valence-electron chi connectivity index (χ0n) is 7.98. The van der Waals surface area contributed by atoms with Crippen LogP contribution in [0.2, 0.25) is 0 Å². The van der Waals surface area contributed by atoms with Crippen LogP contribution < -0.4 is 5.56 Å². The zero-order chi connectivity index (χ0) is 10.1. The fraction of sp³-hybridized carbons (Fsp3) is 0.333. The van der Waals surface area contributed by atoms with Crippen molar-refractivity contribution in [3.8, 4) is 0 Å². The quantitative estimate of drug-likeness (QED) is 0.723. The van der Waals surface area contributed by atoms with Crippen molar-refractivity contribution < 1.29 is 0 Å². The van der Waals surface area contributed by atoms with E-state index in [9.17, 15) is 4.79 Å². The van der Waals surface area contributed by atoms with Crippen LogP contribution in [0.5, 0.6) is 0 Å². The normalized spacial score (nSPS) is 11.1. The van der Waals surface area contributed by atoms with Crippen LogP contribution in [0.4, 0.5) is 0 Å². The number of rotatable bonds is 1. The fourth-order valence-corrected chi connectivity index (χ4v) is 1.40. The van der Waals surface area contributed by atoms with Gasteiger partial charge in [-0.15, -0.1) is 5.10 Å². The van der Waals surface area contributed by atoms with E-state index in [-0.39, 0.29) is 11.5 Å². The highest BCUT2D eigenvalue weighted by atomic mass is 16.1. The molecule has 5 nitrogen and oxygen atoms in total. The van der Waals surface area contributed by atoms with Gasteiger partial charge in [-0.2, -0.15) is 0 Å². The molecule has 0 saturated heterocycles. The third-order valence-corrected chi connectivity index (χ3v) is 2.04. The number of aromatic nitrogens is 4. The molecule has 0 aliphatic carbocycles. The topological polar surface area (TPSA) is 71.5 Å². The number of nitrogens with zero attached hydrogens (tertiary/aromatic N) is 3. The summed E-state index contributed by atoms with van der Waals surface area (Å²) in [6.07, 6.45) is 1.64. The molecule has 2 aromatic heterocycles. The number of aromatic amines is 1. The maximum atomic E-state index is 11.5. The van der Waals surface area contributed by atoms with Crippen LogP contribution >= 0.6 is 0 Å². The van der Waals surface area contributed by atoms with Crippen LogP contribution in [0.25, 0.3) is 10.9 Å². The minimum Gasteiger partial charge on any atom is -0.267 e. The maximum Gasteiger partial charge on any atom is 0.276 e. The Hall–Kier alpha value is -1.78. The Morgan fingerprint density at radius 1 is 1.43 bits per heavy atom. The van der Waals surface area contributed by atoms with E-state index >= 15 is 0 Å². The van der Waals surface area contributed by atoms with Crippen LogP contribution in [0.3, 0.4) is 0 Å². The van der Waals surface area contributed by atoms with E-state index in [0.717, 1.165) is 5.69 Å². The Labute approximate surface area is 80.2 Å². The molecule has 2 rings (SSSR count). The fourth-order valence-electron chi connectivity index (χ4n) is 1.40. The molecule has 0 saturated carbocycles. The summed E-state index contributed by atoms with van der Waals surface area (Å²) in [7, 11) is 0. The number of nitrogens with one attached hydrogen (secondary N) is 1. The van der Waals surface area contributed by atoms with Gasteiger partial charge in [-0.25, -0.2) is 5.10 Å². The van der Waals surface area contributed by atoms with E-state index in [2.05, 4.69) is 20.4 Å². The van der Waals surface area contributed by atoms with Crippen LogP contribution in [0.1, 0.15) is 25.5 Å². The van der Waals surface area contributed by atoms with Crippen LogP contribution in [0.15, 0.2) is 17.1 Å². The number of hydrogen-bond donors (Lipinski definition) is 1. The average Bonchev–Trinajstić information content (AvgIpc) is 2.17. The highest BCUT2D eigenvalue weighted by Crippen LogP contribution is 2.17. The molecule has 72 valence electrons. The number of pyridine rings is 1. The van der Waals surface area contributed by atoms with Gasteiger partial charge in [0.2, 0.25) is 0 Å². The molecule has 0 amide bonds. The predicted octanol–water partition coefficient (Wildman–Crippen LogP) is 0.837. The Balaban J connectivity index is 2.91. The van der Waals surface area contributed by atoms with Crippen LogP contribution in [-0.4, -0.2) is 20.4 Å². The summed E-state index contributed by atoms with van der Waals surface area (Å²) in [5.74, 6) is 0.198. The van der Waals surface area contributed by atoms with Crippen molar-refractivity contribution in [1.29, 1.82) is 0 Å². The summed E-state index contributed by atoms with van der Waals surface area (Å²) >= 11 is 0. The van der Waals surface area contributed by atoms with E-state index < -0.39 is 0 Å². The smallest absolute Gasteiger partial charge is 0.267 e. The van der Waals surface area contributed by atoms with Crippen molar-refractivity contribution in [1.82, 2.24) is 20.4 Å². The molecule has 0 aliphatic heterocycles. The lowest BCUT2D eigenvalue weighted by Crippen LogP contribution is -2.13. The molecule has 1 N–H and O–H groups in total. The van der Waals surface area contributed by atoms with Crippen molar-refractivity contribution in [3.05, 3.63) is 28.3 Å². The molecule has 0 atom stereocenters. The first-order valence-corrected chi connectivity index (χ1v) is 4.40. The molecular formula is C9H10N4O. The first-order valence-electron chi connectivity index (χ1n) is 4.40. The molecule has 0 bridgehead atoms. The van der Waals surface area contributed by atoms with Crippen molar-refractivity contribution >= 4 is 10.9 Å². The lowest BCUT2D eigenvalue weighted by atomic mass is 10.1. The number of hydrogen-bond acceptors (Lipinski definition) is 4. The van der Waals surface area contributed by atoms with Gasteiger partial charge in [-0.3, -0.25) is 9.78 Å². The molecule has 14 heavy (non-hydrogen) atoms. The molecule has 0 spiro atoms. The van der Waals surface area contributed by atoms with Gasteiger partial charge in [0.15, 0.2) is 0 Å². The number of fused-ring (bicyclic) bond motifs is 1. The van der Waals surface area contributed by atoms with E-state index in [1.54, 1.807) is 12.3 Å². The maximum absolute atomic E-state index is 11.5. The van der Waals surface area contributed by atoms with Gasteiger partial charge < -0.3 is 0 Å². The Bertz CT molecular complexity index is 512. The van der Waals surface area contributed by atoms with Crippen LogP contribution in [0, 0.1) is 0 Å².